The van der Waals surface area contributed by atoms with Crippen molar-refractivity contribution in [3.05, 3.63) is 109 Å². The van der Waals surface area contributed by atoms with Crippen molar-refractivity contribution in [3.8, 4) is 0 Å². The average molecular weight is 1480 g/mol. The molecular formula is C83H144O17P2. The van der Waals surface area contributed by atoms with Crippen molar-refractivity contribution in [2.45, 2.75) is 354 Å². The van der Waals surface area contributed by atoms with Crippen molar-refractivity contribution >= 4 is 39.5 Å². The molecule has 0 amide bonds. The molecule has 3 N–H and O–H groups in total. The number of allylic oxidation sites excluding steroid dienone is 18. The predicted octanol–water partition coefficient (Wildman–Crippen LogP) is 23.3. The molecule has 0 aliphatic rings. The second-order valence-corrected chi connectivity index (χ2v) is 29.6. The van der Waals surface area contributed by atoms with Gasteiger partial charge in [-0.3, -0.25) is 37.3 Å². The third-order valence-electron chi connectivity index (χ3n) is 16.7. The van der Waals surface area contributed by atoms with E-state index in [1.54, 1.807) is 0 Å². The first-order chi connectivity index (χ1) is 49.7. The molecule has 0 saturated carbocycles. The van der Waals surface area contributed by atoms with Crippen LogP contribution < -0.4 is 0 Å². The van der Waals surface area contributed by atoms with Gasteiger partial charge in [-0.15, -0.1) is 0 Å². The molecule has 588 valence electrons. The molecule has 0 saturated heterocycles. The molecule has 0 bridgehead atoms. The minimum atomic E-state index is -4.99. The molecule has 0 aliphatic carbocycles. The van der Waals surface area contributed by atoms with Crippen LogP contribution in [-0.4, -0.2) is 96.7 Å². The van der Waals surface area contributed by atoms with Gasteiger partial charge in [0.2, 0.25) is 0 Å². The Morgan fingerprint density at radius 1 is 0.284 bits per heavy atom. The molecule has 0 heterocycles. The fraction of sp³-hybridized carbons (Fsp3) is 0.735. The number of ether oxygens (including phenoxy) is 4. The molecule has 17 nitrogen and oxygen atoms in total. The molecule has 0 aliphatic heterocycles. The van der Waals surface area contributed by atoms with Crippen LogP contribution in [0.5, 0.6) is 0 Å². The number of carbonyl (C=O) groups excluding carboxylic acids is 4. The molecule has 19 heteroatoms. The Morgan fingerprint density at radius 3 is 0.873 bits per heavy atom. The Morgan fingerprint density at radius 2 is 0.520 bits per heavy atom. The summed E-state index contributed by atoms with van der Waals surface area (Å²) in [5.41, 5.74) is 0. The lowest BCUT2D eigenvalue weighted by molar-refractivity contribution is -0.161. The Labute approximate surface area is 619 Å². The number of esters is 4. The summed E-state index contributed by atoms with van der Waals surface area (Å²) in [7, 11) is -9.98. The van der Waals surface area contributed by atoms with Gasteiger partial charge >= 0.3 is 39.5 Å². The maximum atomic E-state index is 13.1. The van der Waals surface area contributed by atoms with Crippen molar-refractivity contribution < 1.29 is 80.2 Å². The van der Waals surface area contributed by atoms with Crippen LogP contribution in [0.2, 0.25) is 0 Å². The molecule has 0 spiro atoms. The number of hydrogen-bond acceptors (Lipinski definition) is 15. The van der Waals surface area contributed by atoms with E-state index >= 15 is 0 Å². The molecule has 102 heavy (non-hydrogen) atoms. The summed E-state index contributed by atoms with van der Waals surface area (Å²) in [5, 5.41) is 10.6. The quantitative estimate of drug-likeness (QED) is 0.0128. The van der Waals surface area contributed by atoms with Gasteiger partial charge in [0.15, 0.2) is 12.2 Å². The normalized spacial score (nSPS) is 14.5. The van der Waals surface area contributed by atoms with Gasteiger partial charge in [0, 0.05) is 25.7 Å². The first-order valence-corrected chi connectivity index (χ1v) is 43.2. The molecule has 5 atom stereocenters. The minimum Gasteiger partial charge on any atom is -0.462 e. The number of aliphatic hydroxyl groups is 1. The second-order valence-electron chi connectivity index (χ2n) is 26.7. The number of hydrogen-bond donors (Lipinski definition) is 3. The van der Waals surface area contributed by atoms with Gasteiger partial charge in [-0.05, 0) is 141 Å². The van der Waals surface area contributed by atoms with Crippen molar-refractivity contribution in [2.75, 3.05) is 39.6 Å². The molecular weight excluding hydrogens is 1330 g/mol. The Hall–Kier alpha value is -4.28. The van der Waals surface area contributed by atoms with E-state index in [0.29, 0.717) is 32.1 Å². The number of phosphoric ester groups is 2. The van der Waals surface area contributed by atoms with Crippen molar-refractivity contribution in [3.63, 3.8) is 0 Å². The van der Waals surface area contributed by atoms with Crippen LogP contribution in [-0.2, 0) is 65.4 Å². The minimum absolute atomic E-state index is 0.0644. The van der Waals surface area contributed by atoms with Crippen LogP contribution in [0.25, 0.3) is 0 Å². The van der Waals surface area contributed by atoms with Crippen LogP contribution in [0.1, 0.15) is 336 Å². The van der Waals surface area contributed by atoms with Crippen LogP contribution in [0, 0.1) is 0 Å². The van der Waals surface area contributed by atoms with Gasteiger partial charge < -0.3 is 33.8 Å². The van der Waals surface area contributed by atoms with E-state index in [1.807, 2.05) is 12.2 Å². The zero-order chi connectivity index (χ0) is 74.6. The van der Waals surface area contributed by atoms with Crippen LogP contribution in [0.3, 0.4) is 0 Å². The highest BCUT2D eigenvalue weighted by molar-refractivity contribution is 7.47. The van der Waals surface area contributed by atoms with Gasteiger partial charge in [0.1, 0.15) is 19.3 Å². The Balaban J connectivity index is 5.44. The summed E-state index contributed by atoms with van der Waals surface area (Å²) >= 11 is 0. The number of carbonyl (C=O) groups is 4. The third kappa shape index (κ3) is 74.0. The topological polar surface area (TPSA) is 237 Å². The number of unbranched alkanes of at least 4 members (excludes halogenated alkanes) is 33. The maximum absolute atomic E-state index is 13.1. The number of aliphatic hydroxyl groups excluding tert-OH is 1. The highest BCUT2D eigenvalue weighted by Crippen LogP contribution is 2.45. The zero-order valence-corrected chi connectivity index (χ0v) is 66.0. The van der Waals surface area contributed by atoms with E-state index in [0.717, 1.165) is 141 Å². The molecule has 0 rings (SSSR count). The fourth-order valence-electron chi connectivity index (χ4n) is 10.5. The lowest BCUT2D eigenvalue weighted by atomic mass is 10.1. The summed E-state index contributed by atoms with van der Waals surface area (Å²) in [6, 6.07) is 0. The number of rotatable bonds is 75. The molecule has 0 aromatic rings. The third-order valence-corrected chi connectivity index (χ3v) is 18.6. The maximum Gasteiger partial charge on any atom is 0.472 e. The van der Waals surface area contributed by atoms with E-state index in [9.17, 15) is 43.2 Å². The standard InChI is InChI=1S/C83H144O17P2/c1-5-9-13-17-21-25-29-33-37-38-42-44-48-52-56-60-64-68-81(86)94-74-79(100-83(88)70-66-62-58-54-50-46-41-36-32-28-24-20-16-12-8-4)76-98-102(91,92)96-72-77(84)71-95-101(89,90)97-75-78(99-82(87)69-65-61-57-53-49-45-40-35-31-27-23-19-15-11-7-3)73-93-80(85)67-63-59-55-51-47-43-39-34-30-26-22-18-14-10-6-2/h21,25-26,28,30,32-37,39-42,44,52,56,77-79,84H,5-20,22-24,27,29,31,38,43,45-51,53-55,57-76H2,1-4H3,(H,89,90)(H,91,92)/b25-21-,30-26-,32-28-,37-33-,39-34-,40-35-,41-36-,44-42-,56-52-/t77-,78-,79-/m1/s1. The summed E-state index contributed by atoms with van der Waals surface area (Å²) in [6.07, 6.45) is 80.7. The molecule has 0 fully saturated rings. The Kier molecular flexibility index (Phi) is 71.8. The van der Waals surface area contributed by atoms with E-state index < -0.39 is 97.5 Å². The predicted molar refractivity (Wildman–Crippen MR) is 418 cm³/mol. The van der Waals surface area contributed by atoms with Gasteiger partial charge in [-0.25, -0.2) is 9.13 Å². The van der Waals surface area contributed by atoms with Crippen molar-refractivity contribution in [1.29, 1.82) is 0 Å². The first kappa shape index (κ1) is 97.7. The molecule has 0 radical (unpaired) electrons. The zero-order valence-electron chi connectivity index (χ0n) is 64.3. The average Bonchev–Trinajstić information content (AvgIpc) is 0.923. The first-order valence-electron chi connectivity index (χ1n) is 40.2. The summed E-state index contributed by atoms with van der Waals surface area (Å²) in [4.78, 5) is 73.0. The SMILES string of the molecule is CCCCC/C=C\C/C=C\C/C=C\C/C=C\CCCC(=O)OC[C@H](COP(=O)(O)OC[C@H](O)COP(=O)(O)OC[C@@H](COC(=O)CCCCCCC/C=C\C=C/CCCCCC)OC(=O)CCCCCCC/C=C\CCCCCCCC)OC(=O)CCCCCCC/C=C\C=C/CCCCCC. The Bertz CT molecular complexity index is 2360. The van der Waals surface area contributed by atoms with Crippen LogP contribution in [0.4, 0.5) is 0 Å². The van der Waals surface area contributed by atoms with Crippen LogP contribution in [0.15, 0.2) is 109 Å². The van der Waals surface area contributed by atoms with Crippen molar-refractivity contribution in [1.82, 2.24) is 0 Å². The monoisotopic (exact) mass is 1470 g/mol. The van der Waals surface area contributed by atoms with Gasteiger partial charge in [-0.1, -0.05) is 278 Å². The van der Waals surface area contributed by atoms with E-state index in [2.05, 4.69) is 125 Å². The second kappa shape index (κ2) is 75.0. The molecule has 2 unspecified atom stereocenters. The lowest BCUT2D eigenvalue weighted by Crippen LogP contribution is -2.30. The van der Waals surface area contributed by atoms with E-state index in [4.69, 9.17) is 37.0 Å². The van der Waals surface area contributed by atoms with Gasteiger partial charge in [-0.2, -0.15) is 0 Å². The fourth-order valence-corrected chi connectivity index (χ4v) is 12.1. The van der Waals surface area contributed by atoms with E-state index in [1.165, 1.54) is 109 Å². The smallest absolute Gasteiger partial charge is 0.462 e. The summed E-state index contributed by atoms with van der Waals surface area (Å²) < 4.78 is 68.5. The molecule has 0 aromatic carbocycles. The lowest BCUT2D eigenvalue weighted by Gasteiger charge is -2.21. The summed E-state index contributed by atoms with van der Waals surface area (Å²) in [5.74, 6) is -2.27. The summed E-state index contributed by atoms with van der Waals surface area (Å²) in [6.45, 7) is 4.72. The largest absolute Gasteiger partial charge is 0.472 e. The van der Waals surface area contributed by atoms with Crippen molar-refractivity contribution in [2.24, 2.45) is 0 Å². The highest BCUT2D eigenvalue weighted by Gasteiger charge is 2.30. The van der Waals surface area contributed by atoms with Gasteiger partial charge in [0.05, 0.1) is 26.4 Å². The number of phosphoric acid groups is 2. The van der Waals surface area contributed by atoms with Crippen LogP contribution >= 0.6 is 15.6 Å². The highest BCUT2D eigenvalue weighted by atomic mass is 31.2. The van der Waals surface area contributed by atoms with E-state index in [-0.39, 0.29) is 25.7 Å². The van der Waals surface area contributed by atoms with Gasteiger partial charge in [0.25, 0.3) is 0 Å². The molecule has 0 aromatic heterocycles.